The van der Waals surface area contributed by atoms with Gasteiger partial charge in [0.15, 0.2) is 9.84 Å². The maximum atomic E-state index is 11.7. The summed E-state index contributed by atoms with van der Waals surface area (Å²) < 4.78 is 35.6. The maximum Gasteiger partial charge on any atom is 0.307 e. The van der Waals surface area contributed by atoms with E-state index < -0.39 is 15.8 Å². The van der Waals surface area contributed by atoms with Crippen molar-refractivity contribution in [2.45, 2.75) is 51.7 Å². The monoisotopic (exact) mass is 520 g/mol. The molecular formula is C30H32O6S. The zero-order chi connectivity index (χ0) is 26.2. The van der Waals surface area contributed by atoms with Crippen LogP contribution in [0.5, 0.6) is 11.5 Å². The molecule has 0 aromatic heterocycles. The average Bonchev–Trinajstić information content (AvgIpc) is 3.66. The van der Waals surface area contributed by atoms with Crippen LogP contribution in [0.4, 0.5) is 0 Å². The van der Waals surface area contributed by atoms with Gasteiger partial charge in [-0.2, -0.15) is 0 Å². The molecule has 5 rings (SSSR count). The number of hydrogen-bond acceptors (Lipinski definition) is 5. The van der Waals surface area contributed by atoms with Crippen LogP contribution in [-0.4, -0.2) is 37.1 Å². The van der Waals surface area contributed by atoms with Gasteiger partial charge in [0.25, 0.3) is 0 Å². The molecule has 0 unspecified atom stereocenters. The summed E-state index contributed by atoms with van der Waals surface area (Å²) in [6.07, 6.45) is 1.72. The number of aryl methyl sites for hydroxylation is 2. The van der Waals surface area contributed by atoms with E-state index in [1.165, 1.54) is 0 Å². The number of carbonyl (C=O) groups is 1. The summed E-state index contributed by atoms with van der Waals surface area (Å²) in [6, 6.07) is 20.1. The molecule has 0 amide bonds. The van der Waals surface area contributed by atoms with E-state index in [-0.39, 0.29) is 29.4 Å². The highest BCUT2D eigenvalue weighted by atomic mass is 32.2. The number of sulfone groups is 1. The highest BCUT2D eigenvalue weighted by Crippen LogP contribution is 2.47. The molecule has 0 bridgehead atoms. The van der Waals surface area contributed by atoms with Crippen molar-refractivity contribution >= 4 is 15.8 Å². The van der Waals surface area contributed by atoms with Gasteiger partial charge in [0.1, 0.15) is 24.2 Å². The molecule has 1 heterocycles. The average molecular weight is 521 g/mol. The fourth-order valence-corrected chi connectivity index (χ4v) is 6.70. The third-order valence-electron chi connectivity index (χ3n) is 7.35. The first-order valence-electron chi connectivity index (χ1n) is 12.7. The van der Waals surface area contributed by atoms with Crippen LogP contribution >= 0.6 is 0 Å². The predicted octanol–water partition coefficient (Wildman–Crippen LogP) is 5.69. The second-order valence-electron chi connectivity index (χ2n) is 10.2. The molecule has 7 heteroatoms. The van der Waals surface area contributed by atoms with E-state index in [0.717, 1.165) is 44.9 Å². The van der Waals surface area contributed by atoms with E-state index in [1.54, 1.807) is 0 Å². The van der Waals surface area contributed by atoms with Gasteiger partial charge in [-0.3, -0.25) is 4.79 Å². The van der Waals surface area contributed by atoms with E-state index in [2.05, 4.69) is 26.0 Å². The van der Waals surface area contributed by atoms with Gasteiger partial charge < -0.3 is 14.6 Å². The molecule has 0 radical (unpaired) electrons. The summed E-state index contributed by atoms with van der Waals surface area (Å²) in [6.45, 7) is 4.57. The number of ether oxygens (including phenoxy) is 2. The fraction of sp³-hybridized carbons (Fsp3) is 0.367. The van der Waals surface area contributed by atoms with Gasteiger partial charge in [-0.05, 0) is 103 Å². The van der Waals surface area contributed by atoms with Gasteiger partial charge in [0, 0.05) is 0 Å². The lowest BCUT2D eigenvalue weighted by molar-refractivity contribution is -0.138. The van der Waals surface area contributed by atoms with Crippen molar-refractivity contribution in [1.82, 2.24) is 0 Å². The van der Waals surface area contributed by atoms with E-state index in [4.69, 9.17) is 14.6 Å². The van der Waals surface area contributed by atoms with Gasteiger partial charge in [-0.1, -0.05) is 30.3 Å². The Morgan fingerprint density at radius 3 is 2.24 bits per heavy atom. The molecular weight excluding hydrogens is 488 g/mol. The number of carboxylic acids is 1. The highest BCUT2D eigenvalue weighted by molar-refractivity contribution is 7.91. The van der Waals surface area contributed by atoms with Crippen molar-refractivity contribution in [3.05, 3.63) is 82.9 Å². The second kappa shape index (κ2) is 10.2. The molecule has 37 heavy (non-hydrogen) atoms. The van der Waals surface area contributed by atoms with Crippen molar-refractivity contribution in [2.24, 2.45) is 5.92 Å². The van der Waals surface area contributed by atoms with Crippen molar-refractivity contribution in [3.8, 4) is 22.6 Å². The summed E-state index contributed by atoms with van der Waals surface area (Å²) >= 11 is 0. The first-order chi connectivity index (χ1) is 17.7. The molecule has 1 aliphatic heterocycles. The molecule has 0 spiro atoms. The zero-order valence-electron chi connectivity index (χ0n) is 21.1. The minimum Gasteiger partial charge on any atom is -0.490 e. The molecule has 2 atom stereocenters. The molecule has 3 aromatic carbocycles. The number of rotatable bonds is 8. The lowest BCUT2D eigenvalue weighted by Crippen LogP contribution is -2.30. The molecule has 3 aromatic rings. The molecule has 6 nitrogen and oxygen atoms in total. The minimum absolute atomic E-state index is 0.0643. The van der Waals surface area contributed by atoms with E-state index in [0.29, 0.717) is 25.9 Å². The first-order valence-corrected chi connectivity index (χ1v) is 14.5. The van der Waals surface area contributed by atoms with Crippen LogP contribution in [0, 0.1) is 19.8 Å². The van der Waals surface area contributed by atoms with Crippen LogP contribution in [0.25, 0.3) is 11.1 Å². The van der Waals surface area contributed by atoms with Crippen molar-refractivity contribution in [3.63, 3.8) is 0 Å². The van der Waals surface area contributed by atoms with Gasteiger partial charge in [-0.15, -0.1) is 0 Å². The van der Waals surface area contributed by atoms with Crippen LogP contribution in [0.1, 0.15) is 47.4 Å². The highest BCUT2D eigenvalue weighted by Gasteiger charge is 2.44. The Kier molecular flexibility index (Phi) is 6.99. The molecule has 1 saturated carbocycles. The summed E-state index contributed by atoms with van der Waals surface area (Å²) in [4.78, 5) is 11.1. The van der Waals surface area contributed by atoms with Gasteiger partial charge in [0.2, 0.25) is 0 Å². The summed E-state index contributed by atoms with van der Waals surface area (Å²) in [5.41, 5.74) is 6.57. The molecule has 1 aliphatic carbocycles. The van der Waals surface area contributed by atoms with Crippen LogP contribution in [0.15, 0.2) is 60.7 Å². The summed E-state index contributed by atoms with van der Waals surface area (Å²) in [5.74, 6) is 1.06. The third-order valence-corrected chi connectivity index (χ3v) is 9.06. The number of hydrogen-bond donors (Lipinski definition) is 1. The Morgan fingerprint density at radius 1 is 0.946 bits per heavy atom. The summed E-state index contributed by atoms with van der Waals surface area (Å²) in [7, 11) is -2.91. The zero-order valence-corrected chi connectivity index (χ0v) is 22.0. The van der Waals surface area contributed by atoms with Crippen molar-refractivity contribution < 1.29 is 27.8 Å². The van der Waals surface area contributed by atoms with Crippen LogP contribution in [-0.2, 0) is 21.2 Å². The number of aliphatic carboxylic acids is 1. The Bertz CT molecular complexity index is 1370. The quantitative estimate of drug-likeness (QED) is 0.410. The Balaban J connectivity index is 1.24. The molecule has 1 saturated heterocycles. The van der Waals surface area contributed by atoms with E-state index in [1.807, 2.05) is 48.5 Å². The molecule has 2 aliphatic rings. The predicted molar refractivity (Wildman–Crippen MR) is 143 cm³/mol. The topological polar surface area (TPSA) is 89.9 Å². The van der Waals surface area contributed by atoms with Crippen molar-refractivity contribution in [1.29, 1.82) is 0 Å². The van der Waals surface area contributed by atoms with Gasteiger partial charge in [-0.25, -0.2) is 8.42 Å². The number of benzene rings is 3. The Morgan fingerprint density at radius 2 is 1.62 bits per heavy atom. The molecule has 194 valence electrons. The summed E-state index contributed by atoms with van der Waals surface area (Å²) in [5, 5.41) is 9.14. The first kappa shape index (κ1) is 25.3. The van der Waals surface area contributed by atoms with Gasteiger partial charge >= 0.3 is 5.97 Å². The van der Waals surface area contributed by atoms with Crippen LogP contribution in [0.3, 0.4) is 0 Å². The number of carboxylic acid groups (broad SMARTS) is 1. The normalized spacial score (nSPS) is 20.8. The standard InChI is InChI=1S/C30H32O6S/c1-19-14-26(36-25-10-12-37(33,34)13-11-25)15-20(2)29(19)23-5-3-4-21(16-23)18-35-24-8-6-22(7-9-24)27-17-28(27)30(31)32/h3-9,14-16,25,27-28H,10-13,17-18H2,1-2H3,(H,31,32)/t27-,28+/m0/s1. The van der Waals surface area contributed by atoms with Crippen LogP contribution in [0.2, 0.25) is 0 Å². The largest absolute Gasteiger partial charge is 0.490 e. The minimum atomic E-state index is -2.91. The third kappa shape index (κ3) is 5.99. The van der Waals surface area contributed by atoms with Crippen LogP contribution < -0.4 is 9.47 Å². The second-order valence-corrected chi connectivity index (χ2v) is 12.5. The van der Waals surface area contributed by atoms with Gasteiger partial charge in [0.05, 0.1) is 17.4 Å². The maximum absolute atomic E-state index is 11.7. The smallest absolute Gasteiger partial charge is 0.307 e. The Hall–Kier alpha value is -3.32. The Labute approximate surface area is 218 Å². The SMILES string of the molecule is Cc1cc(OC2CCS(=O)(=O)CC2)cc(C)c1-c1cccc(COc2ccc([C@@H]3C[C@H]3C(=O)O)cc2)c1. The fourth-order valence-electron chi connectivity index (χ4n) is 5.26. The molecule has 2 fully saturated rings. The molecule has 1 N–H and O–H groups in total. The lowest BCUT2D eigenvalue weighted by Gasteiger charge is -2.24. The lowest BCUT2D eigenvalue weighted by atomic mass is 9.94. The van der Waals surface area contributed by atoms with E-state index in [9.17, 15) is 13.2 Å². The van der Waals surface area contributed by atoms with Crippen molar-refractivity contribution in [2.75, 3.05) is 11.5 Å². The van der Waals surface area contributed by atoms with E-state index >= 15 is 0 Å².